The van der Waals surface area contributed by atoms with Gasteiger partial charge in [-0.15, -0.1) is 0 Å². The van der Waals surface area contributed by atoms with Crippen LogP contribution in [0.5, 0.6) is 5.75 Å². The minimum absolute atomic E-state index is 0.846. The highest BCUT2D eigenvalue weighted by atomic mass is 19.3. The van der Waals surface area contributed by atoms with Crippen LogP contribution in [0.4, 0.5) is 13.2 Å². The molecule has 0 N–H and O–H groups in total. The van der Waals surface area contributed by atoms with Gasteiger partial charge in [-0.05, 0) is 12.1 Å². The van der Waals surface area contributed by atoms with E-state index in [1.165, 1.54) is 12.1 Å². The van der Waals surface area contributed by atoms with E-state index in [0.29, 0.717) is 0 Å². The first kappa shape index (κ1) is 10.4. The van der Waals surface area contributed by atoms with Crippen molar-refractivity contribution < 1.29 is 27.8 Å². The lowest BCUT2D eigenvalue weighted by molar-refractivity contribution is -0.350. The molecule has 6 heteroatoms. The second-order valence-electron chi connectivity index (χ2n) is 2.34. The van der Waals surface area contributed by atoms with Crippen LogP contribution < -0.4 is 9.84 Å². The normalized spacial score (nSPS) is 11.1. The van der Waals surface area contributed by atoms with E-state index in [9.17, 15) is 23.1 Å². The molecule has 0 heterocycles. The van der Waals surface area contributed by atoms with E-state index in [1.807, 2.05) is 0 Å². The van der Waals surface area contributed by atoms with Gasteiger partial charge in [-0.2, -0.15) is 8.78 Å². The van der Waals surface area contributed by atoms with Crippen LogP contribution in [0.1, 0.15) is 0 Å². The Morgan fingerprint density at radius 3 is 2.43 bits per heavy atom. The first-order valence-corrected chi connectivity index (χ1v) is 3.46. The van der Waals surface area contributed by atoms with E-state index < -0.39 is 23.6 Å². The van der Waals surface area contributed by atoms with Gasteiger partial charge in [0.05, 0.1) is 0 Å². The van der Waals surface area contributed by atoms with Crippen LogP contribution in [0.3, 0.4) is 0 Å². The summed E-state index contributed by atoms with van der Waals surface area (Å²) < 4.78 is 41.1. The highest BCUT2D eigenvalue weighted by Crippen LogP contribution is 2.23. The molecule has 0 amide bonds. The van der Waals surface area contributed by atoms with Gasteiger partial charge in [-0.3, -0.25) is 0 Å². The number of ether oxygens (including phenoxy) is 1. The molecule has 3 nitrogen and oxygen atoms in total. The van der Waals surface area contributed by atoms with Crippen LogP contribution >= 0.6 is 0 Å². The molecule has 0 unspecified atom stereocenters. The van der Waals surface area contributed by atoms with Crippen molar-refractivity contribution in [3.8, 4) is 5.75 Å². The Kier molecular flexibility index (Phi) is 2.64. The number of carbonyl (C=O) groups excluding carboxylic acids is 1. The maximum Gasteiger partial charge on any atom is 0.441 e. The molecule has 0 bridgehead atoms. The molecule has 0 aliphatic carbocycles. The summed E-state index contributed by atoms with van der Waals surface area (Å²) in [4.78, 5) is 9.83. The molecule has 0 radical (unpaired) electrons. The summed E-state index contributed by atoms with van der Waals surface area (Å²) in [5.74, 6) is -4.64. The van der Waals surface area contributed by atoms with Gasteiger partial charge in [0, 0.05) is 0 Å². The molecular weight excluding hydrogens is 201 g/mol. The number of benzene rings is 1. The van der Waals surface area contributed by atoms with Crippen molar-refractivity contribution in [1.29, 1.82) is 0 Å². The highest BCUT2D eigenvalue weighted by Gasteiger charge is 2.34. The second kappa shape index (κ2) is 3.57. The Balaban J connectivity index is 2.89. The second-order valence-corrected chi connectivity index (χ2v) is 2.34. The summed E-state index contributed by atoms with van der Waals surface area (Å²) in [5.41, 5.74) is 0. The van der Waals surface area contributed by atoms with Gasteiger partial charge in [-0.25, -0.2) is 4.39 Å². The van der Waals surface area contributed by atoms with E-state index in [1.54, 1.807) is 0 Å². The zero-order valence-corrected chi connectivity index (χ0v) is 6.67. The van der Waals surface area contributed by atoms with Crippen LogP contribution in [0.15, 0.2) is 24.3 Å². The largest absolute Gasteiger partial charge is 0.541 e. The molecule has 0 saturated carbocycles. The number of aliphatic carboxylic acids is 1. The number of halogens is 3. The molecule has 14 heavy (non-hydrogen) atoms. The van der Waals surface area contributed by atoms with Gasteiger partial charge in [0.15, 0.2) is 17.5 Å². The average Bonchev–Trinajstić information content (AvgIpc) is 2.08. The number of alkyl halides is 2. The summed E-state index contributed by atoms with van der Waals surface area (Å²) in [6.07, 6.45) is -4.54. The van der Waals surface area contributed by atoms with E-state index in [-0.39, 0.29) is 0 Å². The van der Waals surface area contributed by atoms with Gasteiger partial charge in [-0.1, -0.05) is 12.1 Å². The van der Waals surface area contributed by atoms with Crippen molar-refractivity contribution in [3.05, 3.63) is 30.1 Å². The Bertz CT molecular complexity index is 351. The quantitative estimate of drug-likeness (QED) is 0.723. The molecule has 0 aliphatic rings. The van der Waals surface area contributed by atoms with Crippen LogP contribution in [0.2, 0.25) is 0 Å². The smallest absolute Gasteiger partial charge is 0.441 e. The van der Waals surface area contributed by atoms with Gasteiger partial charge in [0.25, 0.3) is 0 Å². The van der Waals surface area contributed by atoms with E-state index in [2.05, 4.69) is 4.74 Å². The summed E-state index contributed by atoms with van der Waals surface area (Å²) in [6.45, 7) is 0. The fraction of sp³-hybridized carbons (Fsp3) is 0.125. The Labute approximate surface area is 76.7 Å². The fourth-order valence-electron chi connectivity index (χ4n) is 0.707. The summed E-state index contributed by atoms with van der Waals surface area (Å²) in [6, 6.07) is 4.22. The first-order chi connectivity index (χ1) is 6.43. The molecule has 1 aromatic carbocycles. The SMILES string of the molecule is O=C([O-])C(F)(F)Oc1ccccc1F. The Morgan fingerprint density at radius 1 is 1.36 bits per heavy atom. The lowest BCUT2D eigenvalue weighted by Crippen LogP contribution is -2.45. The van der Waals surface area contributed by atoms with Crippen molar-refractivity contribution in [1.82, 2.24) is 0 Å². The number of hydrogen-bond donors (Lipinski definition) is 0. The van der Waals surface area contributed by atoms with Crippen molar-refractivity contribution in [2.45, 2.75) is 6.11 Å². The maximum atomic E-state index is 12.7. The van der Waals surface area contributed by atoms with E-state index >= 15 is 0 Å². The lowest BCUT2D eigenvalue weighted by Gasteiger charge is -2.18. The van der Waals surface area contributed by atoms with Gasteiger partial charge in [0.2, 0.25) is 0 Å². The molecule has 1 aromatic rings. The van der Waals surface area contributed by atoms with Gasteiger partial charge >= 0.3 is 6.11 Å². The van der Waals surface area contributed by atoms with Crippen LogP contribution in [-0.4, -0.2) is 12.1 Å². The number of carbonyl (C=O) groups is 1. The third-order valence-corrected chi connectivity index (χ3v) is 1.31. The molecule has 0 aromatic heterocycles. The molecule has 1 rings (SSSR count). The first-order valence-electron chi connectivity index (χ1n) is 3.46. The molecule has 0 spiro atoms. The molecule has 0 saturated heterocycles. The fourth-order valence-corrected chi connectivity index (χ4v) is 0.707. The molecule has 0 atom stereocenters. The predicted octanol–water partition coefficient (Wildman–Crippen LogP) is 0.547. The number of carboxylic acids is 1. The van der Waals surface area contributed by atoms with E-state index in [4.69, 9.17) is 0 Å². The standard InChI is InChI=1S/C8H5F3O3/c9-5-3-1-2-4-6(5)14-8(10,11)7(12)13/h1-4H,(H,12,13)/p-1. The molecule has 0 fully saturated rings. The molecule has 0 aliphatic heterocycles. The minimum atomic E-state index is -4.54. The Hall–Kier alpha value is -1.72. The summed E-state index contributed by atoms with van der Waals surface area (Å²) in [7, 11) is 0. The number of para-hydroxylation sites is 1. The zero-order valence-electron chi connectivity index (χ0n) is 6.67. The van der Waals surface area contributed by atoms with Crippen LogP contribution in [0, 0.1) is 5.82 Å². The topological polar surface area (TPSA) is 49.4 Å². The zero-order chi connectivity index (χ0) is 10.8. The maximum absolute atomic E-state index is 12.7. The monoisotopic (exact) mass is 205 g/mol. The van der Waals surface area contributed by atoms with Gasteiger partial charge < -0.3 is 14.6 Å². The van der Waals surface area contributed by atoms with Crippen LogP contribution in [-0.2, 0) is 4.79 Å². The third-order valence-electron chi connectivity index (χ3n) is 1.31. The van der Waals surface area contributed by atoms with E-state index in [0.717, 1.165) is 12.1 Å². The third kappa shape index (κ3) is 2.15. The van der Waals surface area contributed by atoms with Crippen molar-refractivity contribution in [2.24, 2.45) is 0 Å². The minimum Gasteiger partial charge on any atom is -0.541 e. The predicted molar refractivity (Wildman–Crippen MR) is 37.0 cm³/mol. The summed E-state index contributed by atoms with van der Waals surface area (Å²) in [5, 5.41) is 9.83. The lowest BCUT2D eigenvalue weighted by atomic mass is 10.3. The number of rotatable bonds is 3. The van der Waals surface area contributed by atoms with Crippen molar-refractivity contribution in [2.75, 3.05) is 0 Å². The number of carboxylic acid groups (broad SMARTS) is 1. The van der Waals surface area contributed by atoms with Crippen molar-refractivity contribution >= 4 is 5.97 Å². The summed E-state index contributed by atoms with van der Waals surface area (Å²) >= 11 is 0. The highest BCUT2D eigenvalue weighted by molar-refractivity contribution is 5.71. The van der Waals surface area contributed by atoms with Gasteiger partial charge in [0.1, 0.15) is 0 Å². The van der Waals surface area contributed by atoms with Crippen molar-refractivity contribution in [3.63, 3.8) is 0 Å². The molecular formula is C8H4F3O3-. The Morgan fingerprint density at radius 2 is 1.93 bits per heavy atom. The average molecular weight is 205 g/mol. The molecule has 76 valence electrons. The number of hydrogen-bond acceptors (Lipinski definition) is 3. The van der Waals surface area contributed by atoms with Crippen LogP contribution in [0.25, 0.3) is 0 Å².